The number of aromatic nitrogens is 2. The van der Waals surface area contributed by atoms with Gasteiger partial charge < -0.3 is 14.4 Å². The van der Waals surface area contributed by atoms with Crippen LogP contribution in [0.2, 0.25) is 0 Å². The Bertz CT molecular complexity index is 210. The summed E-state index contributed by atoms with van der Waals surface area (Å²) in [5.74, 6) is 0. The highest BCUT2D eigenvalue weighted by Crippen LogP contribution is 1.97. The molecule has 0 aliphatic carbocycles. The molecule has 0 radical (unpaired) electrons. The second-order valence-corrected chi connectivity index (χ2v) is 2.23. The fraction of sp³-hybridized carbons (Fsp3) is 0.571. The molecule has 0 saturated heterocycles. The van der Waals surface area contributed by atoms with Crippen LogP contribution in [0.3, 0.4) is 0 Å². The second-order valence-electron chi connectivity index (χ2n) is 2.23. The number of hydrogen-bond donors (Lipinski definition) is 1. The summed E-state index contributed by atoms with van der Waals surface area (Å²) in [6, 6.07) is 0. The zero-order valence-electron chi connectivity index (χ0n) is 6.53. The zero-order valence-corrected chi connectivity index (χ0v) is 6.53. The molecule has 0 atom stereocenters. The number of rotatable bonds is 4. The number of nitrogens with zero attached hydrogens (tertiary/aromatic N) is 2. The lowest BCUT2D eigenvalue weighted by molar-refractivity contribution is 0.183. The third kappa shape index (κ3) is 2.03. The standard InChI is InChI=1S/C7H12N2O2/c1-11-3-2-9-6-8-4-7(9)5-10/h4,6,10H,2-3,5H2,1H3. The van der Waals surface area contributed by atoms with Crippen molar-refractivity contribution in [2.75, 3.05) is 13.7 Å². The number of imidazole rings is 1. The van der Waals surface area contributed by atoms with E-state index in [0.29, 0.717) is 6.61 Å². The van der Waals surface area contributed by atoms with Crippen molar-refractivity contribution < 1.29 is 9.84 Å². The van der Waals surface area contributed by atoms with Gasteiger partial charge in [0.25, 0.3) is 0 Å². The van der Waals surface area contributed by atoms with Gasteiger partial charge in [-0.15, -0.1) is 0 Å². The first kappa shape index (κ1) is 8.23. The lowest BCUT2D eigenvalue weighted by Crippen LogP contribution is -2.06. The van der Waals surface area contributed by atoms with Crippen LogP contribution >= 0.6 is 0 Å². The monoisotopic (exact) mass is 156 g/mol. The molecule has 0 amide bonds. The fourth-order valence-electron chi connectivity index (χ4n) is 0.871. The number of methoxy groups -OCH3 is 1. The lowest BCUT2D eigenvalue weighted by atomic mass is 10.5. The molecule has 4 heteroatoms. The van der Waals surface area contributed by atoms with Gasteiger partial charge in [-0.3, -0.25) is 0 Å². The van der Waals surface area contributed by atoms with E-state index in [9.17, 15) is 0 Å². The molecule has 0 spiro atoms. The Labute approximate surface area is 65.4 Å². The summed E-state index contributed by atoms with van der Waals surface area (Å²) >= 11 is 0. The van der Waals surface area contributed by atoms with Gasteiger partial charge in [-0.05, 0) is 0 Å². The van der Waals surface area contributed by atoms with E-state index in [1.54, 1.807) is 19.6 Å². The molecule has 4 nitrogen and oxygen atoms in total. The molecule has 0 saturated carbocycles. The predicted molar refractivity (Wildman–Crippen MR) is 40.0 cm³/mol. The van der Waals surface area contributed by atoms with Crippen molar-refractivity contribution in [1.82, 2.24) is 9.55 Å². The first-order valence-corrected chi connectivity index (χ1v) is 3.47. The quantitative estimate of drug-likeness (QED) is 0.668. The third-order valence-corrected chi connectivity index (χ3v) is 1.50. The minimum atomic E-state index is 0.0315. The van der Waals surface area contributed by atoms with Gasteiger partial charge in [0.2, 0.25) is 0 Å². The minimum Gasteiger partial charge on any atom is -0.390 e. The first-order valence-electron chi connectivity index (χ1n) is 3.47. The van der Waals surface area contributed by atoms with Crippen LogP contribution in [0.5, 0.6) is 0 Å². The van der Waals surface area contributed by atoms with E-state index in [1.807, 2.05) is 4.57 Å². The zero-order chi connectivity index (χ0) is 8.10. The summed E-state index contributed by atoms with van der Waals surface area (Å²) in [6.45, 7) is 1.42. The predicted octanol–water partition coefficient (Wildman–Crippen LogP) is 0.0218. The van der Waals surface area contributed by atoms with Gasteiger partial charge in [0.1, 0.15) is 0 Å². The van der Waals surface area contributed by atoms with Gasteiger partial charge in [-0.2, -0.15) is 0 Å². The van der Waals surface area contributed by atoms with Crippen LogP contribution in [0.4, 0.5) is 0 Å². The molecular formula is C7H12N2O2. The van der Waals surface area contributed by atoms with Gasteiger partial charge in [0.05, 0.1) is 31.4 Å². The van der Waals surface area contributed by atoms with Crippen molar-refractivity contribution in [1.29, 1.82) is 0 Å². The summed E-state index contributed by atoms with van der Waals surface area (Å²) in [6.07, 6.45) is 3.33. The van der Waals surface area contributed by atoms with Crippen molar-refractivity contribution in [2.24, 2.45) is 0 Å². The minimum absolute atomic E-state index is 0.0315. The van der Waals surface area contributed by atoms with Crippen LogP contribution < -0.4 is 0 Å². The average molecular weight is 156 g/mol. The number of aliphatic hydroxyl groups is 1. The highest BCUT2D eigenvalue weighted by atomic mass is 16.5. The number of ether oxygens (including phenoxy) is 1. The highest BCUT2D eigenvalue weighted by Gasteiger charge is 1.98. The molecule has 0 bridgehead atoms. The Hall–Kier alpha value is -0.870. The van der Waals surface area contributed by atoms with Crippen molar-refractivity contribution in [2.45, 2.75) is 13.2 Å². The molecule has 1 N–H and O–H groups in total. The molecule has 1 rings (SSSR count). The summed E-state index contributed by atoms with van der Waals surface area (Å²) in [5, 5.41) is 8.81. The van der Waals surface area contributed by atoms with E-state index < -0.39 is 0 Å². The van der Waals surface area contributed by atoms with E-state index in [1.165, 1.54) is 0 Å². The maximum atomic E-state index is 8.81. The lowest BCUT2D eigenvalue weighted by Gasteiger charge is -2.03. The Kier molecular flexibility index (Phi) is 3.07. The van der Waals surface area contributed by atoms with Crippen LogP contribution in [-0.4, -0.2) is 28.4 Å². The molecule has 0 aliphatic heterocycles. The Balaban J connectivity index is 2.54. The van der Waals surface area contributed by atoms with Crippen LogP contribution in [-0.2, 0) is 17.9 Å². The molecule has 1 heterocycles. The smallest absolute Gasteiger partial charge is 0.0949 e. The SMILES string of the molecule is COCCn1cncc1CO. The Morgan fingerprint density at radius 2 is 2.55 bits per heavy atom. The summed E-state index contributed by atoms with van der Waals surface area (Å²) in [7, 11) is 1.65. The third-order valence-electron chi connectivity index (χ3n) is 1.50. The summed E-state index contributed by atoms with van der Waals surface area (Å²) < 4.78 is 6.75. The highest BCUT2D eigenvalue weighted by molar-refractivity contribution is 4.95. The van der Waals surface area contributed by atoms with E-state index in [0.717, 1.165) is 12.2 Å². The van der Waals surface area contributed by atoms with Crippen LogP contribution in [0.15, 0.2) is 12.5 Å². The maximum absolute atomic E-state index is 8.81. The largest absolute Gasteiger partial charge is 0.390 e. The molecule has 0 fully saturated rings. The van der Waals surface area contributed by atoms with Crippen molar-refractivity contribution in [3.63, 3.8) is 0 Å². The topological polar surface area (TPSA) is 47.3 Å². The van der Waals surface area contributed by atoms with Crippen LogP contribution in [0.1, 0.15) is 5.69 Å². The van der Waals surface area contributed by atoms with Crippen LogP contribution in [0.25, 0.3) is 0 Å². The summed E-state index contributed by atoms with van der Waals surface area (Å²) in [4.78, 5) is 3.89. The molecular weight excluding hydrogens is 144 g/mol. The van der Waals surface area contributed by atoms with Gasteiger partial charge in [0, 0.05) is 13.7 Å². The van der Waals surface area contributed by atoms with Crippen molar-refractivity contribution >= 4 is 0 Å². The van der Waals surface area contributed by atoms with Crippen molar-refractivity contribution in [3.05, 3.63) is 18.2 Å². The summed E-state index contributed by atoms with van der Waals surface area (Å²) in [5.41, 5.74) is 0.821. The van der Waals surface area contributed by atoms with Crippen LogP contribution in [0, 0.1) is 0 Å². The number of aliphatic hydroxyl groups excluding tert-OH is 1. The number of hydrogen-bond acceptors (Lipinski definition) is 3. The molecule has 0 unspecified atom stereocenters. The fourth-order valence-corrected chi connectivity index (χ4v) is 0.871. The van der Waals surface area contributed by atoms with E-state index in [2.05, 4.69) is 4.98 Å². The Morgan fingerprint density at radius 1 is 1.73 bits per heavy atom. The van der Waals surface area contributed by atoms with E-state index in [4.69, 9.17) is 9.84 Å². The van der Waals surface area contributed by atoms with Gasteiger partial charge in [-0.1, -0.05) is 0 Å². The molecule has 11 heavy (non-hydrogen) atoms. The molecule has 0 aromatic carbocycles. The second kappa shape index (κ2) is 4.10. The van der Waals surface area contributed by atoms with Crippen molar-refractivity contribution in [3.8, 4) is 0 Å². The maximum Gasteiger partial charge on any atom is 0.0949 e. The average Bonchev–Trinajstić information content (AvgIpc) is 2.47. The molecule has 62 valence electrons. The van der Waals surface area contributed by atoms with Gasteiger partial charge in [-0.25, -0.2) is 4.98 Å². The van der Waals surface area contributed by atoms with Gasteiger partial charge in [0.15, 0.2) is 0 Å². The normalized spacial score (nSPS) is 10.4. The van der Waals surface area contributed by atoms with Gasteiger partial charge >= 0.3 is 0 Å². The molecule has 0 aliphatic rings. The Morgan fingerprint density at radius 3 is 3.18 bits per heavy atom. The van der Waals surface area contributed by atoms with E-state index in [-0.39, 0.29) is 6.61 Å². The molecule has 1 aromatic heterocycles. The van der Waals surface area contributed by atoms with E-state index >= 15 is 0 Å². The first-order chi connectivity index (χ1) is 5.38. The molecule has 1 aromatic rings.